The Labute approximate surface area is 219 Å². The summed E-state index contributed by atoms with van der Waals surface area (Å²) in [4.78, 5) is 27.1. The molecule has 0 bridgehead atoms. The third-order valence-electron chi connectivity index (χ3n) is 5.93. The Kier molecular flexibility index (Phi) is 9.93. The fourth-order valence-corrected chi connectivity index (χ4v) is 4.69. The molecule has 2 amide bonds. The van der Waals surface area contributed by atoms with Gasteiger partial charge in [0.05, 0.1) is 23.3 Å². The molecule has 0 aliphatic heterocycles. The van der Waals surface area contributed by atoms with Gasteiger partial charge in [-0.3, -0.25) is 9.59 Å². The fourth-order valence-electron chi connectivity index (χ4n) is 4.17. The number of amides is 2. The molecule has 0 fully saturated rings. The number of hydrogen-bond donors (Lipinski definition) is 3. The minimum Gasteiger partial charge on any atom is -0.496 e. The third kappa shape index (κ3) is 6.96. The van der Waals surface area contributed by atoms with Crippen LogP contribution in [0.2, 0.25) is 0 Å². The molecular formula is C26H31IN2O6. The number of halogens is 1. The standard InChI is InChI=1S/C26H31IN2O6/c1-17(31)29(13-11-18-7-3-5-9-22(18)34-2)21-15-19(26(33)28-12-14-30)16-24(25(21)32)35-23-10-6-4-8-20(23)27/h3-10,16,21,24-25,30,32H,11-15H2,1-2H3,(H,28,33). The van der Waals surface area contributed by atoms with Gasteiger partial charge in [0, 0.05) is 32.0 Å². The average molecular weight is 594 g/mol. The van der Waals surface area contributed by atoms with Crippen molar-refractivity contribution in [3.63, 3.8) is 0 Å². The summed E-state index contributed by atoms with van der Waals surface area (Å²) in [7, 11) is 1.60. The molecule has 0 saturated heterocycles. The molecule has 188 valence electrons. The fraction of sp³-hybridized carbons (Fsp3) is 0.385. The maximum atomic E-state index is 12.8. The lowest BCUT2D eigenvalue weighted by atomic mass is 9.88. The molecule has 0 heterocycles. The zero-order valence-corrected chi connectivity index (χ0v) is 22.0. The van der Waals surface area contributed by atoms with Gasteiger partial charge in [0.25, 0.3) is 0 Å². The summed E-state index contributed by atoms with van der Waals surface area (Å²) in [6.45, 7) is 1.70. The molecule has 0 saturated carbocycles. The van der Waals surface area contributed by atoms with Gasteiger partial charge in [-0.25, -0.2) is 0 Å². The van der Waals surface area contributed by atoms with Crippen LogP contribution < -0.4 is 14.8 Å². The van der Waals surface area contributed by atoms with Crippen LogP contribution in [0.4, 0.5) is 0 Å². The third-order valence-corrected chi connectivity index (χ3v) is 6.82. The Morgan fingerprint density at radius 3 is 2.49 bits per heavy atom. The molecule has 3 atom stereocenters. The number of aliphatic hydroxyl groups excluding tert-OH is 2. The Morgan fingerprint density at radius 1 is 1.14 bits per heavy atom. The first-order chi connectivity index (χ1) is 16.8. The van der Waals surface area contributed by atoms with Gasteiger partial charge in [0.1, 0.15) is 23.7 Å². The highest BCUT2D eigenvalue weighted by molar-refractivity contribution is 14.1. The maximum Gasteiger partial charge on any atom is 0.247 e. The Balaban J connectivity index is 1.88. The summed E-state index contributed by atoms with van der Waals surface area (Å²) in [5, 5.41) is 23.1. The van der Waals surface area contributed by atoms with Gasteiger partial charge >= 0.3 is 0 Å². The van der Waals surface area contributed by atoms with Crippen molar-refractivity contribution < 1.29 is 29.3 Å². The quantitative estimate of drug-likeness (QED) is 0.365. The predicted molar refractivity (Wildman–Crippen MR) is 140 cm³/mol. The van der Waals surface area contributed by atoms with Gasteiger partial charge in [0.15, 0.2) is 0 Å². The van der Waals surface area contributed by atoms with Crippen LogP contribution in [0.1, 0.15) is 18.9 Å². The smallest absolute Gasteiger partial charge is 0.247 e. The zero-order valence-electron chi connectivity index (χ0n) is 19.8. The van der Waals surface area contributed by atoms with Crippen molar-refractivity contribution in [1.82, 2.24) is 10.2 Å². The summed E-state index contributed by atoms with van der Waals surface area (Å²) in [5.41, 5.74) is 1.34. The van der Waals surface area contributed by atoms with Gasteiger partial charge < -0.3 is 29.9 Å². The number of methoxy groups -OCH3 is 1. The van der Waals surface area contributed by atoms with Gasteiger partial charge in [-0.05, 0) is 58.9 Å². The van der Waals surface area contributed by atoms with E-state index in [0.29, 0.717) is 24.3 Å². The molecule has 35 heavy (non-hydrogen) atoms. The van der Waals surface area contributed by atoms with E-state index < -0.39 is 18.2 Å². The van der Waals surface area contributed by atoms with Crippen molar-refractivity contribution >= 4 is 34.4 Å². The first-order valence-corrected chi connectivity index (χ1v) is 12.5. The van der Waals surface area contributed by atoms with E-state index in [0.717, 1.165) is 14.9 Å². The van der Waals surface area contributed by atoms with Gasteiger partial charge in [0.2, 0.25) is 11.8 Å². The van der Waals surface area contributed by atoms with E-state index in [1.165, 1.54) is 6.92 Å². The van der Waals surface area contributed by atoms with Crippen molar-refractivity contribution in [1.29, 1.82) is 0 Å². The van der Waals surface area contributed by atoms with Crippen LogP contribution in [-0.4, -0.2) is 72.0 Å². The number of carbonyl (C=O) groups excluding carboxylic acids is 2. The SMILES string of the molecule is COc1ccccc1CCN(C(C)=O)C1CC(C(=O)NCCO)=CC(Oc2ccccc2I)C1O. The van der Waals surface area contributed by atoms with Crippen molar-refractivity contribution in [2.75, 3.05) is 26.8 Å². The normalized spacial score (nSPS) is 19.5. The highest BCUT2D eigenvalue weighted by Crippen LogP contribution is 2.30. The molecule has 2 aromatic rings. The van der Waals surface area contributed by atoms with Gasteiger partial charge in [-0.15, -0.1) is 0 Å². The number of ether oxygens (including phenoxy) is 2. The number of aliphatic hydroxyl groups is 2. The highest BCUT2D eigenvalue weighted by atomic mass is 127. The maximum absolute atomic E-state index is 12.8. The largest absolute Gasteiger partial charge is 0.496 e. The molecule has 1 aliphatic carbocycles. The highest BCUT2D eigenvalue weighted by Gasteiger charge is 2.39. The zero-order chi connectivity index (χ0) is 25.4. The second kappa shape index (κ2) is 12.9. The second-order valence-electron chi connectivity index (χ2n) is 8.22. The minimum atomic E-state index is -1.05. The molecule has 8 nitrogen and oxygen atoms in total. The van der Waals surface area contributed by atoms with Crippen LogP contribution in [0.15, 0.2) is 60.2 Å². The number of rotatable bonds is 10. The van der Waals surface area contributed by atoms with E-state index in [1.54, 1.807) is 24.2 Å². The molecule has 9 heteroatoms. The summed E-state index contributed by atoms with van der Waals surface area (Å²) in [6, 6.07) is 14.3. The molecule has 0 aromatic heterocycles. The van der Waals surface area contributed by atoms with E-state index >= 15 is 0 Å². The van der Waals surface area contributed by atoms with Crippen molar-refractivity contribution in [2.45, 2.75) is 38.0 Å². The molecule has 3 N–H and O–H groups in total. The summed E-state index contributed by atoms with van der Waals surface area (Å²) in [5.74, 6) is 0.728. The van der Waals surface area contributed by atoms with Crippen LogP contribution in [0, 0.1) is 3.57 Å². The Bertz CT molecular complexity index is 1060. The number of nitrogens with zero attached hydrogens (tertiary/aromatic N) is 1. The van der Waals surface area contributed by atoms with Crippen molar-refractivity contribution in [3.8, 4) is 11.5 Å². The molecule has 0 spiro atoms. The van der Waals surface area contributed by atoms with Crippen LogP contribution in [0.5, 0.6) is 11.5 Å². The molecule has 3 rings (SSSR count). The first-order valence-electron chi connectivity index (χ1n) is 11.4. The van der Waals surface area contributed by atoms with E-state index in [9.17, 15) is 14.7 Å². The van der Waals surface area contributed by atoms with Gasteiger partial charge in [-0.1, -0.05) is 30.3 Å². The Hall–Kier alpha value is -2.63. The summed E-state index contributed by atoms with van der Waals surface area (Å²) >= 11 is 2.15. The number of hydrogen-bond acceptors (Lipinski definition) is 6. The molecular weight excluding hydrogens is 563 g/mol. The lowest BCUT2D eigenvalue weighted by Crippen LogP contribution is -2.55. The average Bonchev–Trinajstić information content (AvgIpc) is 2.85. The molecule has 3 unspecified atom stereocenters. The monoisotopic (exact) mass is 594 g/mol. The van der Waals surface area contributed by atoms with Crippen molar-refractivity contribution in [2.24, 2.45) is 0 Å². The van der Waals surface area contributed by atoms with Crippen LogP contribution in [-0.2, 0) is 16.0 Å². The number of carbonyl (C=O) groups is 2. The summed E-state index contributed by atoms with van der Waals surface area (Å²) in [6.07, 6.45) is 0.394. The van der Waals surface area contributed by atoms with E-state index in [-0.39, 0.29) is 31.4 Å². The number of benzene rings is 2. The molecule has 2 aromatic carbocycles. The second-order valence-corrected chi connectivity index (χ2v) is 9.38. The first kappa shape index (κ1) is 27.0. The van der Waals surface area contributed by atoms with Crippen LogP contribution in [0.3, 0.4) is 0 Å². The number of para-hydroxylation sites is 2. The van der Waals surface area contributed by atoms with E-state index in [1.807, 2.05) is 42.5 Å². The molecule has 1 aliphatic rings. The lowest BCUT2D eigenvalue weighted by molar-refractivity contribution is -0.136. The number of nitrogens with one attached hydrogen (secondary N) is 1. The van der Waals surface area contributed by atoms with E-state index in [4.69, 9.17) is 14.6 Å². The predicted octanol–water partition coefficient (Wildman–Crippen LogP) is 2.31. The molecule has 0 radical (unpaired) electrons. The lowest BCUT2D eigenvalue weighted by Gasteiger charge is -2.40. The Morgan fingerprint density at radius 2 is 1.83 bits per heavy atom. The summed E-state index contributed by atoms with van der Waals surface area (Å²) < 4.78 is 12.4. The van der Waals surface area contributed by atoms with Crippen LogP contribution >= 0.6 is 22.6 Å². The van der Waals surface area contributed by atoms with E-state index in [2.05, 4.69) is 27.9 Å². The topological polar surface area (TPSA) is 108 Å². The van der Waals surface area contributed by atoms with Crippen molar-refractivity contribution in [3.05, 3.63) is 69.3 Å². The van der Waals surface area contributed by atoms with Gasteiger partial charge in [-0.2, -0.15) is 0 Å². The minimum absolute atomic E-state index is 0.107. The van der Waals surface area contributed by atoms with Crippen LogP contribution in [0.25, 0.3) is 0 Å².